The Morgan fingerprint density at radius 3 is 2.42 bits per heavy atom. The Labute approximate surface area is 158 Å². The standard InChI is InChI=1S/C18H21ClN2O4S/c1-14-4-2-3-5-15(14)12-21(13-18(23)20-10-11-22)26(24,25)17-8-6-16(19)7-9-17/h2-9,22H,10-13H2,1H3,(H,20,23). The molecular weight excluding hydrogens is 376 g/mol. The molecule has 2 rings (SSSR count). The van der Waals surface area contributed by atoms with Crippen LogP contribution in [0.4, 0.5) is 0 Å². The number of hydrogen-bond acceptors (Lipinski definition) is 4. The van der Waals surface area contributed by atoms with Gasteiger partial charge >= 0.3 is 0 Å². The Morgan fingerprint density at radius 1 is 1.15 bits per heavy atom. The highest BCUT2D eigenvalue weighted by atomic mass is 35.5. The van der Waals surface area contributed by atoms with Gasteiger partial charge in [-0.1, -0.05) is 35.9 Å². The van der Waals surface area contributed by atoms with Gasteiger partial charge in [0.2, 0.25) is 15.9 Å². The molecule has 0 aliphatic heterocycles. The van der Waals surface area contributed by atoms with Crippen molar-refractivity contribution in [1.29, 1.82) is 0 Å². The molecule has 0 aliphatic rings. The number of rotatable bonds is 8. The normalized spacial score (nSPS) is 11.5. The van der Waals surface area contributed by atoms with E-state index in [4.69, 9.17) is 16.7 Å². The molecule has 0 heterocycles. The molecule has 8 heteroatoms. The van der Waals surface area contributed by atoms with E-state index in [1.165, 1.54) is 24.3 Å². The molecule has 2 N–H and O–H groups in total. The molecule has 140 valence electrons. The molecule has 0 atom stereocenters. The van der Waals surface area contributed by atoms with E-state index in [-0.39, 0.29) is 31.1 Å². The predicted molar refractivity (Wildman–Crippen MR) is 100 cm³/mol. The van der Waals surface area contributed by atoms with Crippen LogP contribution in [0.1, 0.15) is 11.1 Å². The molecule has 6 nitrogen and oxygen atoms in total. The highest BCUT2D eigenvalue weighted by Crippen LogP contribution is 2.21. The minimum Gasteiger partial charge on any atom is -0.395 e. The number of nitrogens with one attached hydrogen (secondary N) is 1. The highest BCUT2D eigenvalue weighted by Gasteiger charge is 2.27. The number of aliphatic hydroxyl groups is 1. The van der Waals surface area contributed by atoms with Gasteiger partial charge in [-0.05, 0) is 42.3 Å². The van der Waals surface area contributed by atoms with Crippen LogP contribution in [0.2, 0.25) is 5.02 Å². The summed E-state index contributed by atoms with van der Waals surface area (Å²) in [6, 6.07) is 13.2. The average molecular weight is 397 g/mol. The molecule has 0 aliphatic carbocycles. The summed E-state index contributed by atoms with van der Waals surface area (Å²) < 4.78 is 27.2. The number of aryl methyl sites for hydroxylation is 1. The number of nitrogens with zero attached hydrogens (tertiary/aromatic N) is 1. The molecule has 0 bridgehead atoms. The van der Waals surface area contributed by atoms with Crippen molar-refractivity contribution < 1.29 is 18.3 Å². The molecule has 0 radical (unpaired) electrons. The van der Waals surface area contributed by atoms with Gasteiger partial charge in [-0.2, -0.15) is 4.31 Å². The van der Waals surface area contributed by atoms with Gasteiger partial charge in [0.15, 0.2) is 0 Å². The molecule has 0 saturated carbocycles. The van der Waals surface area contributed by atoms with Crippen molar-refractivity contribution in [3.8, 4) is 0 Å². The number of hydrogen-bond donors (Lipinski definition) is 2. The summed E-state index contributed by atoms with van der Waals surface area (Å²) >= 11 is 5.84. The number of halogens is 1. The average Bonchev–Trinajstić information content (AvgIpc) is 2.61. The van der Waals surface area contributed by atoms with E-state index in [0.29, 0.717) is 5.02 Å². The number of carbonyl (C=O) groups is 1. The van der Waals surface area contributed by atoms with Crippen molar-refractivity contribution in [1.82, 2.24) is 9.62 Å². The second kappa shape index (κ2) is 9.14. The van der Waals surface area contributed by atoms with Crippen LogP contribution in [0.3, 0.4) is 0 Å². The summed E-state index contributed by atoms with van der Waals surface area (Å²) in [6.45, 7) is 1.45. The van der Waals surface area contributed by atoms with Gasteiger partial charge in [-0.15, -0.1) is 0 Å². The maximum Gasteiger partial charge on any atom is 0.243 e. The monoisotopic (exact) mass is 396 g/mol. The first-order valence-electron chi connectivity index (χ1n) is 8.02. The lowest BCUT2D eigenvalue weighted by Gasteiger charge is -2.22. The molecule has 0 spiro atoms. The summed E-state index contributed by atoms with van der Waals surface area (Å²) in [6.07, 6.45) is 0. The number of benzene rings is 2. The molecule has 2 aromatic carbocycles. The Hall–Kier alpha value is -1.93. The van der Waals surface area contributed by atoms with Crippen LogP contribution in [0.15, 0.2) is 53.4 Å². The smallest absolute Gasteiger partial charge is 0.243 e. The molecular formula is C18H21ClN2O4S. The second-order valence-corrected chi connectivity index (χ2v) is 8.10. The largest absolute Gasteiger partial charge is 0.395 e. The Balaban J connectivity index is 2.34. The van der Waals surface area contributed by atoms with Gasteiger partial charge in [0.1, 0.15) is 0 Å². The maximum atomic E-state index is 13.0. The Morgan fingerprint density at radius 2 is 1.81 bits per heavy atom. The lowest BCUT2D eigenvalue weighted by Crippen LogP contribution is -2.41. The van der Waals surface area contributed by atoms with E-state index < -0.39 is 15.9 Å². The fourth-order valence-corrected chi connectivity index (χ4v) is 3.87. The molecule has 0 saturated heterocycles. The van der Waals surface area contributed by atoms with Crippen LogP contribution in [0, 0.1) is 6.92 Å². The minimum atomic E-state index is -3.90. The quantitative estimate of drug-likeness (QED) is 0.714. The first kappa shape index (κ1) is 20.4. The minimum absolute atomic E-state index is 0.0597. The van der Waals surface area contributed by atoms with E-state index in [1.807, 2.05) is 31.2 Å². The SMILES string of the molecule is Cc1ccccc1CN(CC(=O)NCCO)S(=O)(=O)c1ccc(Cl)cc1. The predicted octanol–water partition coefficient (Wildman–Crippen LogP) is 1.95. The van der Waals surface area contributed by atoms with Gasteiger partial charge in [0, 0.05) is 18.1 Å². The van der Waals surface area contributed by atoms with E-state index in [2.05, 4.69) is 5.32 Å². The lowest BCUT2D eigenvalue weighted by molar-refractivity contribution is -0.121. The third-order valence-electron chi connectivity index (χ3n) is 3.81. The van der Waals surface area contributed by atoms with E-state index >= 15 is 0 Å². The van der Waals surface area contributed by atoms with Crippen LogP contribution in [-0.4, -0.2) is 43.4 Å². The van der Waals surface area contributed by atoms with Crippen LogP contribution in [0.5, 0.6) is 0 Å². The van der Waals surface area contributed by atoms with Gasteiger partial charge in [0.25, 0.3) is 0 Å². The van der Waals surface area contributed by atoms with Crippen molar-refractivity contribution in [2.24, 2.45) is 0 Å². The molecule has 0 fully saturated rings. The van der Waals surface area contributed by atoms with Gasteiger partial charge < -0.3 is 10.4 Å². The van der Waals surface area contributed by atoms with Crippen molar-refractivity contribution in [3.63, 3.8) is 0 Å². The maximum absolute atomic E-state index is 13.0. The summed E-state index contributed by atoms with van der Waals surface area (Å²) in [7, 11) is -3.90. The fourth-order valence-electron chi connectivity index (χ4n) is 2.37. The van der Waals surface area contributed by atoms with Crippen molar-refractivity contribution in [2.75, 3.05) is 19.7 Å². The van der Waals surface area contributed by atoms with E-state index in [9.17, 15) is 13.2 Å². The summed E-state index contributed by atoms with van der Waals surface area (Å²) in [4.78, 5) is 12.1. The lowest BCUT2D eigenvalue weighted by atomic mass is 10.1. The third kappa shape index (κ3) is 5.28. The molecule has 0 unspecified atom stereocenters. The van der Waals surface area contributed by atoms with Crippen LogP contribution in [-0.2, 0) is 21.4 Å². The zero-order chi connectivity index (χ0) is 19.2. The summed E-state index contributed by atoms with van der Waals surface area (Å²) in [5.74, 6) is -0.481. The van der Waals surface area contributed by atoms with Gasteiger partial charge in [-0.3, -0.25) is 4.79 Å². The molecule has 1 amide bonds. The Kier molecular flexibility index (Phi) is 7.16. The van der Waals surface area contributed by atoms with Crippen molar-refractivity contribution >= 4 is 27.5 Å². The summed E-state index contributed by atoms with van der Waals surface area (Å²) in [5, 5.41) is 11.7. The highest BCUT2D eigenvalue weighted by molar-refractivity contribution is 7.89. The number of amides is 1. The number of sulfonamides is 1. The van der Waals surface area contributed by atoms with E-state index in [0.717, 1.165) is 15.4 Å². The number of carbonyl (C=O) groups excluding carboxylic acids is 1. The van der Waals surface area contributed by atoms with Gasteiger partial charge in [0.05, 0.1) is 18.0 Å². The van der Waals surface area contributed by atoms with Crippen molar-refractivity contribution in [2.45, 2.75) is 18.4 Å². The fraction of sp³-hybridized carbons (Fsp3) is 0.278. The van der Waals surface area contributed by atoms with E-state index in [1.54, 1.807) is 0 Å². The molecule has 2 aromatic rings. The van der Waals surface area contributed by atoms with Crippen LogP contribution in [0.25, 0.3) is 0 Å². The summed E-state index contributed by atoms with van der Waals surface area (Å²) in [5.41, 5.74) is 1.74. The zero-order valence-corrected chi connectivity index (χ0v) is 15.9. The van der Waals surface area contributed by atoms with Gasteiger partial charge in [-0.25, -0.2) is 8.42 Å². The first-order valence-corrected chi connectivity index (χ1v) is 9.84. The number of aliphatic hydroxyl groups excluding tert-OH is 1. The van der Waals surface area contributed by atoms with Crippen LogP contribution < -0.4 is 5.32 Å². The second-order valence-electron chi connectivity index (χ2n) is 5.73. The molecule has 0 aromatic heterocycles. The van der Waals surface area contributed by atoms with Crippen molar-refractivity contribution in [3.05, 3.63) is 64.7 Å². The molecule has 26 heavy (non-hydrogen) atoms. The first-order chi connectivity index (χ1) is 12.3. The Bertz CT molecular complexity index is 854. The topological polar surface area (TPSA) is 86.7 Å². The third-order valence-corrected chi connectivity index (χ3v) is 5.87. The van der Waals surface area contributed by atoms with Crippen LogP contribution >= 0.6 is 11.6 Å². The zero-order valence-electron chi connectivity index (χ0n) is 14.4.